The number of hydrogen-bond acceptors (Lipinski definition) is 3. The number of para-hydroxylation sites is 1. The first-order chi connectivity index (χ1) is 9.72. The molecular weight excluding hydrogens is 274 g/mol. The molecule has 0 saturated heterocycles. The molecule has 0 amide bonds. The molecule has 1 aromatic rings. The third-order valence-corrected chi connectivity index (χ3v) is 4.34. The Hall–Kier alpha value is -1.22. The molecule has 1 fully saturated rings. The molecule has 1 aromatic carbocycles. The lowest BCUT2D eigenvalue weighted by atomic mass is 9.91. The fourth-order valence-corrected chi connectivity index (χ4v) is 3.08. The van der Waals surface area contributed by atoms with E-state index in [4.69, 9.17) is 16.3 Å². The second-order valence-electron chi connectivity index (χ2n) is 5.38. The summed E-state index contributed by atoms with van der Waals surface area (Å²) in [4.78, 5) is 12.1. The smallest absolute Gasteiger partial charge is 0.328 e. The minimum absolute atomic E-state index is 0.197. The molecule has 1 N–H and O–H groups in total. The van der Waals surface area contributed by atoms with Crippen LogP contribution in [-0.2, 0) is 9.53 Å². The summed E-state index contributed by atoms with van der Waals surface area (Å²) in [6, 6.07) is 7.21. The lowest BCUT2D eigenvalue weighted by Crippen LogP contribution is -2.38. The van der Waals surface area contributed by atoms with Crippen molar-refractivity contribution in [1.82, 2.24) is 0 Å². The Balaban J connectivity index is 2.14. The largest absolute Gasteiger partial charge is 0.467 e. The van der Waals surface area contributed by atoms with Crippen LogP contribution in [-0.4, -0.2) is 19.1 Å². The van der Waals surface area contributed by atoms with Crippen LogP contribution in [0.3, 0.4) is 0 Å². The highest BCUT2D eigenvalue weighted by Gasteiger charge is 2.29. The van der Waals surface area contributed by atoms with Crippen molar-refractivity contribution in [1.29, 1.82) is 0 Å². The average Bonchev–Trinajstić information content (AvgIpc) is 2.74. The van der Waals surface area contributed by atoms with Crippen molar-refractivity contribution in [3.63, 3.8) is 0 Å². The number of carbonyl (C=O) groups excluding carboxylic acids is 1. The number of benzene rings is 1. The summed E-state index contributed by atoms with van der Waals surface area (Å²) < 4.78 is 4.97. The van der Waals surface area contributed by atoms with Gasteiger partial charge in [0.1, 0.15) is 6.04 Å². The van der Waals surface area contributed by atoms with Gasteiger partial charge in [0.15, 0.2) is 0 Å². The second kappa shape index (κ2) is 7.53. The van der Waals surface area contributed by atoms with Crippen molar-refractivity contribution in [2.45, 2.75) is 44.6 Å². The average molecular weight is 296 g/mol. The lowest BCUT2D eigenvalue weighted by molar-refractivity contribution is -0.142. The van der Waals surface area contributed by atoms with Crippen LogP contribution in [0.4, 0.5) is 5.69 Å². The highest BCUT2D eigenvalue weighted by Crippen LogP contribution is 2.30. The molecule has 110 valence electrons. The first-order valence-corrected chi connectivity index (χ1v) is 7.69. The maximum atomic E-state index is 12.1. The van der Waals surface area contributed by atoms with Gasteiger partial charge in [-0.05, 0) is 30.9 Å². The number of halogens is 1. The standard InChI is InChI=1S/C16H22ClNO2/c1-20-16(19)15(12-8-4-2-3-5-9-12)18-14-11-7-6-10-13(14)17/h6-7,10-12,15,18H,2-5,8-9H2,1H3. The van der Waals surface area contributed by atoms with Gasteiger partial charge < -0.3 is 10.1 Å². The van der Waals surface area contributed by atoms with Gasteiger partial charge in [-0.15, -0.1) is 0 Å². The molecule has 1 unspecified atom stereocenters. The molecule has 2 rings (SSSR count). The molecule has 4 heteroatoms. The number of methoxy groups -OCH3 is 1. The molecular formula is C16H22ClNO2. The van der Waals surface area contributed by atoms with E-state index in [1.54, 1.807) is 0 Å². The van der Waals surface area contributed by atoms with Gasteiger partial charge >= 0.3 is 5.97 Å². The van der Waals surface area contributed by atoms with Crippen molar-refractivity contribution in [3.8, 4) is 0 Å². The predicted octanol–water partition coefficient (Wildman–Crippen LogP) is 4.26. The summed E-state index contributed by atoms with van der Waals surface area (Å²) in [7, 11) is 1.44. The number of hydrogen-bond donors (Lipinski definition) is 1. The number of ether oxygens (including phenoxy) is 1. The molecule has 1 aliphatic carbocycles. The van der Waals surface area contributed by atoms with E-state index in [1.807, 2.05) is 24.3 Å². The van der Waals surface area contributed by atoms with E-state index < -0.39 is 0 Å². The van der Waals surface area contributed by atoms with E-state index in [0.717, 1.165) is 18.5 Å². The molecule has 0 bridgehead atoms. The zero-order valence-electron chi connectivity index (χ0n) is 11.9. The van der Waals surface area contributed by atoms with Gasteiger partial charge in [-0.25, -0.2) is 4.79 Å². The Morgan fingerprint density at radius 2 is 1.90 bits per heavy atom. The third kappa shape index (κ3) is 3.89. The molecule has 1 atom stereocenters. The van der Waals surface area contributed by atoms with Crippen molar-refractivity contribution < 1.29 is 9.53 Å². The summed E-state index contributed by atoms with van der Waals surface area (Å²) in [6.07, 6.45) is 7.02. The highest BCUT2D eigenvalue weighted by atomic mass is 35.5. The number of esters is 1. The van der Waals surface area contributed by atoms with E-state index in [1.165, 1.54) is 32.8 Å². The first kappa shape index (κ1) is 15.2. The van der Waals surface area contributed by atoms with Crippen molar-refractivity contribution in [3.05, 3.63) is 29.3 Å². The van der Waals surface area contributed by atoms with Gasteiger partial charge in [0.05, 0.1) is 17.8 Å². The van der Waals surface area contributed by atoms with Crippen LogP contribution in [0.25, 0.3) is 0 Å². The van der Waals surface area contributed by atoms with Gasteiger partial charge in [-0.1, -0.05) is 49.4 Å². The minimum Gasteiger partial charge on any atom is -0.467 e. The Kier molecular flexibility index (Phi) is 5.72. The lowest BCUT2D eigenvalue weighted by Gasteiger charge is -2.26. The van der Waals surface area contributed by atoms with Gasteiger partial charge in [0.25, 0.3) is 0 Å². The second-order valence-corrected chi connectivity index (χ2v) is 5.78. The number of anilines is 1. The number of carbonyl (C=O) groups is 1. The third-order valence-electron chi connectivity index (χ3n) is 4.01. The van der Waals surface area contributed by atoms with Crippen molar-refractivity contribution in [2.75, 3.05) is 12.4 Å². The molecule has 0 spiro atoms. The van der Waals surface area contributed by atoms with E-state index >= 15 is 0 Å². The molecule has 1 saturated carbocycles. The van der Waals surface area contributed by atoms with Crippen LogP contribution in [0.1, 0.15) is 38.5 Å². The van der Waals surface area contributed by atoms with Crippen LogP contribution in [0, 0.1) is 5.92 Å². The summed E-state index contributed by atoms with van der Waals surface area (Å²) in [5.41, 5.74) is 0.800. The van der Waals surface area contributed by atoms with Crippen molar-refractivity contribution >= 4 is 23.3 Å². The molecule has 0 heterocycles. The van der Waals surface area contributed by atoms with Gasteiger partial charge in [-0.2, -0.15) is 0 Å². The van der Waals surface area contributed by atoms with Gasteiger partial charge in [-0.3, -0.25) is 0 Å². The molecule has 3 nitrogen and oxygen atoms in total. The summed E-state index contributed by atoms with van der Waals surface area (Å²) >= 11 is 6.17. The van der Waals surface area contributed by atoms with Crippen LogP contribution >= 0.6 is 11.6 Å². The topological polar surface area (TPSA) is 38.3 Å². The molecule has 0 radical (unpaired) electrons. The normalized spacial score (nSPS) is 18.1. The fraction of sp³-hybridized carbons (Fsp3) is 0.562. The summed E-state index contributed by atoms with van der Waals surface area (Å²) in [5, 5.41) is 3.92. The predicted molar refractivity (Wildman–Crippen MR) is 82.1 cm³/mol. The number of nitrogens with one attached hydrogen (secondary N) is 1. The molecule has 0 aliphatic heterocycles. The maximum Gasteiger partial charge on any atom is 0.328 e. The first-order valence-electron chi connectivity index (χ1n) is 7.31. The van der Waals surface area contributed by atoms with Crippen molar-refractivity contribution in [2.24, 2.45) is 5.92 Å². The fourth-order valence-electron chi connectivity index (χ4n) is 2.89. The van der Waals surface area contributed by atoms with Crippen LogP contribution in [0.5, 0.6) is 0 Å². The monoisotopic (exact) mass is 295 g/mol. The van der Waals surface area contributed by atoms with Gasteiger partial charge in [0.2, 0.25) is 0 Å². The Bertz CT molecular complexity index is 442. The minimum atomic E-state index is -0.307. The Morgan fingerprint density at radius 1 is 1.25 bits per heavy atom. The Labute approximate surface area is 125 Å². The SMILES string of the molecule is COC(=O)C(Nc1ccccc1Cl)C1CCCCCC1. The maximum absolute atomic E-state index is 12.1. The van der Waals surface area contributed by atoms with Crippen LogP contribution < -0.4 is 5.32 Å². The van der Waals surface area contributed by atoms with Gasteiger partial charge in [0, 0.05) is 0 Å². The summed E-state index contributed by atoms with van der Waals surface area (Å²) in [5.74, 6) is 0.123. The summed E-state index contributed by atoms with van der Waals surface area (Å²) in [6.45, 7) is 0. The highest BCUT2D eigenvalue weighted by molar-refractivity contribution is 6.33. The zero-order valence-corrected chi connectivity index (χ0v) is 12.7. The Morgan fingerprint density at radius 3 is 2.50 bits per heavy atom. The van der Waals surface area contributed by atoms with E-state index in [-0.39, 0.29) is 12.0 Å². The molecule has 20 heavy (non-hydrogen) atoms. The number of rotatable bonds is 4. The molecule has 0 aromatic heterocycles. The van der Waals surface area contributed by atoms with Crippen LogP contribution in [0.15, 0.2) is 24.3 Å². The van der Waals surface area contributed by atoms with E-state index in [2.05, 4.69) is 5.32 Å². The van der Waals surface area contributed by atoms with E-state index in [0.29, 0.717) is 10.9 Å². The van der Waals surface area contributed by atoms with Crippen LogP contribution in [0.2, 0.25) is 5.02 Å². The molecule has 1 aliphatic rings. The quantitative estimate of drug-likeness (QED) is 0.666. The van der Waals surface area contributed by atoms with E-state index in [9.17, 15) is 4.79 Å². The zero-order chi connectivity index (χ0) is 14.4.